The van der Waals surface area contributed by atoms with Gasteiger partial charge >= 0.3 is 5.97 Å². The number of benzene rings is 2. The zero-order chi connectivity index (χ0) is 19.4. The molecule has 0 radical (unpaired) electrons. The molecule has 0 bridgehead atoms. The number of esters is 1. The number of piperidine rings is 1. The number of nitro benzene ring substituents is 1. The van der Waals surface area contributed by atoms with Gasteiger partial charge in [0.25, 0.3) is 5.69 Å². The first kappa shape index (κ1) is 19.4. The fraction of sp³-hybridized carbons (Fsp3) is 0.350. The van der Waals surface area contributed by atoms with Crippen LogP contribution in [0.3, 0.4) is 0 Å². The normalized spacial score (nSPS) is 14.8. The van der Waals surface area contributed by atoms with E-state index >= 15 is 0 Å². The third-order valence-corrected chi connectivity index (χ3v) is 5.34. The molecule has 1 heterocycles. The van der Waals surface area contributed by atoms with Crippen LogP contribution in [-0.4, -0.2) is 24.0 Å². The van der Waals surface area contributed by atoms with Crippen LogP contribution >= 0.6 is 15.9 Å². The lowest BCUT2D eigenvalue weighted by molar-refractivity contribution is -0.384. The molecule has 1 aliphatic rings. The summed E-state index contributed by atoms with van der Waals surface area (Å²) in [6.07, 6.45) is 2.02. The Hall–Kier alpha value is -2.41. The van der Waals surface area contributed by atoms with Crippen LogP contribution in [0.2, 0.25) is 0 Å². The largest absolute Gasteiger partial charge is 0.457 e. The Balaban J connectivity index is 1.73. The molecule has 0 aromatic heterocycles. The molecule has 3 rings (SSSR count). The Morgan fingerprint density at radius 1 is 1.22 bits per heavy atom. The quantitative estimate of drug-likeness (QED) is 0.379. The minimum Gasteiger partial charge on any atom is -0.457 e. The number of hydrogen-bond acceptors (Lipinski definition) is 5. The number of nitrogens with zero attached hydrogens (tertiary/aromatic N) is 2. The number of rotatable bonds is 5. The topological polar surface area (TPSA) is 72.7 Å². The van der Waals surface area contributed by atoms with E-state index in [9.17, 15) is 14.9 Å². The summed E-state index contributed by atoms with van der Waals surface area (Å²) >= 11 is 3.35. The molecule has 7 heteroatoms. The second-order valence-corrected chi connectivity index (χ2v) is 7.75. The van der Waals surface area contributed by atoms with E-state index in [1.165, 1.54) is 6.07 Å². The van der Waals surface area contributed by atoms with E-state index < -0.39 is 10.9 Å². The van der Waals surface area contributed by atoms with Gasteiger partial charge in [-0.25, -0.2) is 4.79 Å². The molecule has 6 nitrogen and oxygen atoms in total. The monoisotopic (exact) mass is 432 g/mol. The van der Waals surface area contributed by atoms with Crippen molar-refractivity contribution in [2.45, 2.75) is 26.4 Å². The van der Waals surface area contributed by atoms with Crippen molar-refractivity contribution in [3.8, 4) is 0 Å². The molecule has 0 aliphatic carbocycles. The fourth-order valence-electron chi connectivity index (χ4n) is 3.13. The highest BCUT2D eigenvalue weighted by Gasteiger charge is 2.25. The third kappa shape index (κ3) is 4.86. The smallest absolute Gasteiger partial charge is 0.338 e. The van der Waals surface area contributed by atoms with Gasteiger partial charge in [0.15, 0.2) is 0 Å². The summed E-state index contributed by atoms with van der Waals surface area (Å²) < 4.78 is 6.24. The van der Waals surface area contributed by atoms with Gasteiger partial charge in [-0.3, -0.25) is 10.1 Å². The van der Waals surface area contributed by atoms with E-state index in [0.29, 0.717) is 11.6 Å². The Bertz CT molecular complexity index is 830. The van der Waals surface area contributed by atoms with Crippen LogP contribution < -0.4 is 4.90 Å². The molecule has 1 fully saturated rings. The lowest BCUT2D eigenvalue weighted by Crippen LogP contribution is -2.33. The number of halogens is 1. The van der Waals surface area contributed by atoms with Crippen LogP contribution in [0.15, 0.2) is 46.9 Å². The first-order chi connectivity index (χ1) is 12.9. The maximum absolute atomic E-state index is 12.3. The molecule has 0 unspecified atom stereocenters. The highest BCUT2D eigenvalue weighted by molar-refractivity contribution is 9.10. The van der Waals surface area contributed by atoms with Crippen molar-refractivity contribution in [3.63, 3.8) is 0 Å². The first-order valence-corrected chi connectivity index (χ1v) is 9.68. The molecule has 1 saturated heterocycles. The van der Waals surface area contributed by atoms with Crippen molar-refractivity contribution in [1.29, 1.82) is 0 Å². The lowest BCUT2D eigenvalue weighted by Gasteiger charge is -2.31. The molecule has 27 heavy (non-hydrogen) atoms. The van der Waals surface area contributed by atoms with Crippen LogP contribution in [0.1, 0.15) is 35.7 Å². The molecule has 0 N–H and O–H groups in total. The number of carbonyl (C=O) groups excluding carboxylic acids is 1. The summed E-state index contributed by atoms with van der Waals surface area (Å²) in [5.41, 5.74) is 1.55. The van der Waals surface area contributed by atoms with Crippen LogP contribution in [0, 0.1) is 16.0 Å². The van der Waals surface area contributed by atoms with Crippen molar-refractivity contribution in [2.75, 3.05) is 18.0 Å². The Labute approximate surface area is 166 Å². The molecule has 0 amide bonds. The average molecular weight is 433 g/mol. The maximum atomic E-state index is 12.3. The van der Waals surface area contributed by atoms with Gasteiger partial charge in [-0.15, -0.1) is 0 Å². The number of nitro groups is 1. The van der Waals surface area contributed by atoms with Gasteiger partial charge in [-0.1, -0.05) is 35.0 Å². The van der Waals surface area contributed by atoms with Crippen LogP contribution in [0.25, 0.3) is 0 Å². The highest BCUT2D eigenvalue weighted by atomic mass is 79.9. The standard InChI is InChI=1S/C20H21BrN2O4/c1-14-8-10-22(11-9-14)18-7-4-16(12-19(18)23(25)26)20(24)27-13-15-2-5-17(21)6-3-15/h2-7,12,14H,8-11,13H2,1H3. The van der Waals surface area contributed by atoms with Crippen molar-refractivity contribution in [3.05, 3.63) is 68.2 Å². The predicted octanol–water partition coefficient (Wildman–Crippen LogP) is 4.95. The summed E-state index contributed by atoms with van der Waals surface area (Å²) in [6.45, 7) is 3.88. The van der Waals surface area contributed by atoms with Gasteiger partial charge in [0.1, 0.15) is 12.3 Å². The maximum Gasteiger partial charge on any atom is 0.338 e. The van der Waals surface area contributed by atoms with Gasteiger partial charge < -0.3 is 9.64 Å². The predicted molar refractivity (Wildman–Crippen MR) is 107 cm³/mol. The van der Waals surface area contributed by atoms with E-state index in [4.69, 9.17) is 4.74 Å². The van der Waals surface area contributed by atoms with Gasteiger partial charge in [-0.2, -0.15) is 0 Å². The van der Waals surface area contributed by atoms with Crippen LogP contribution in [-0.2, 0) is 11.3 Å². The molecule has 2 aromatic rings. The number of ether oxygens (including phenoxy) is 1. The van der Waals surface area contributed by atoms with Crippen molar-refractivity contribution < 1.29 is 14.5 Å². The summed E-state index contributed by atoms with van der Waals surface area (Å²) in [5.74, 6) is 0.0630. The molecular formula is C20H21BrN2O4. The molecular weight excluding hydrogens is 412 g/mol. The summed E-state index contributed by atoms with van der Waals surface area (Å²) in [5, 5.41) is 11.5. The highest BCUT2D eigenvalue weighted by Crippen LogP contribution is 2.32. The Morgan fingerprint density at radius 2 is 1.89 bits per heavy atom. The van der Waals surface area contributed by atoms with E-state index in [0.717, 1.165) is 36.0 Å². The van der Waals surface area contributed by atoms with Crippen molar-refractivity contribution in [2.24, 2.45) is 5.92 Å². The van der Waals surface area contributed by atoms with Gasteiger partial charge in [0.05, 0.1) is 10.5 Å². The van der Waals surface area contributed by atoms with Crippen LogP contribution in [0.5, 0.6) is 0 Å². The Kier molecular flexibility index (Phi) is 6.11. The second kappa shape index (κ2) is 8.52. The van der Waals surface area contributed by atoms with E-state index in [-0.39, 0.29) is 17.9 Å². The number of carbonyl (C=O) groups is 1. The van der Waals surface area contributed by atoms with Crippen molar-refractivity contribution >= 4 is 33.3 Å². The first-order valence-electron chi connectivity index (χ1n) is 8.89. The van der Waals surface area contributed by atoms with E-state index in [2.05, 4.69) is 22.9 Å². The molecule has 0 atom stereocenters. The zero-order valence-electron chi connectivity index (χ0n) is 15.1. The minimum absolute atomic E-state index is 0.0531. The van der Waals surface area contributed by atoms with Crippen molar-refractivity contribution in [1.82, 2.24) is 0 Å². The summed E-state index contributed by atoms with van der Waals surface area (Å²) in [7, 11) is 0. The minimum atomic E-state index is -0.570. The molecule has 1 aliphatic heterocycles. The van der Waals surface area contributed by atoms with E-state index in [1.807, 2.05) is 29.2 Å². The lowest BCUT2D eigenvalue weighted by atomic mass is 9.98. The molecule has 0 saturated carbocycles. The van der Waals surface area contributed by atoms with E-state index in [1.54, 1.807) is 12.1 Å². The fourth-order valence-corrected chi connectivity index (χ4v) is 3.39. The average Bonchev–Trinajstić information content (AvgIpc) is 2.67. The van der Waals surface area contributed by atoms with Gasteiger partial charge in [0.2, 0.25) is 0 Å². The molecule has 142 valence electrons. The molecule has 2 aromatic carbocycles. The molecule has 0 spiro atoms. The third-order valence-electron chi connectivity index (χ3n) is 4.82. The number of hydrogen-bond donors (Lipinski definition) is 0. The Morgan fingerprint density at radius 3 is 2.52 bits per heavy atom. The second-order valence-electron chi connectivity index (χ2n) is 6.83. The van der Waals surface area contributed by atoms with Gasteiger partial charge in [-0.05, 0) is 48.6 Å². The number of anilines is 1. The summed E-state index contributed by atoms with van der Waals surface area (Å²) in [6, 6.07) is 12.0. The van der Waals surface area contributed by atoms with Crippen LogP contribution in [0.4, 0.5) is 11.4 Å². The van der Waals surface area contributed by atoms with Gasteiger partial charge in [0, 0.05) is 23.6 Å². The zero-order valence-corrected chi connectivity index (χ0v) is 16.6. The SMILES string of the molecule is CC1CCN(c2ccc(C(=O)OCc3ccc(Br)cc3)cc2[N+](=O)[O-])CC1. The summed E-state index contributed by atoms with van der Waals surface area (Å²) in [4.78, 5) is 25.5.